The number of nitrogens with one attached hydrogen (secondary N) is 1. The molecule has 30 heavy (non-hydrogen) atoms. The Labute approximate surface area is 173 Å². The Kier molecular flexibility index (Phi) is 7.12. The van der Waals surface area contributed by atoms with E-state index in [0.29, 0.717) is 6.54 Å². The van der Waals surface area contributed by atoms with E-state index in [1.807, 2.05) is 0 Å². The number of benzene rings is 1. The average molecular weight is 424 g/mol. The third-order valence-electron chi connectivity index (χ3n) is 5.48. The molecule has 2 aromatic rings. The maximum Gasteiger partial charge on any atom is 0.438 e. The van der Waals surface area contributed by atoms with Crippen LogP contribution in [0.15, 0.2) is 29.1 Å². The van der Waals surface area contributed by atoms with Gasteiger partial charge in [0.25, 0.3) is 5.56 Å². The molecular weight excluding hydrogens is 397 g/mol. The van der Waals surface area contributed by atoms with Crippen LogP contribution in [-0.2, 0) is 11.0 Å². The minimum Gasteiger partial charge on any atom is -0.354 e. The van der Waals surface area contributed by atoms with Gasteiger partial charge in [-0.05, 0) is 58.0 Å². The number of amides is 1. The van der Waals surface area contributed by atoms with E-state index in [4.69, 9.17) is 0 Å². The minimum absolute atomic E-state index is 0.0187. The van der Waals surface area contributed by atoms with Crippen LogP contribution in [0.3, 0.4) is 0 Å². The molecule has 1 aliphatic heterocycles. The number of nitrogens with zero attached hydrogens (tertiary/aromatic N) is 3. The average Bonchev–Trinajstić information content (AvgIpc) is 2.98. The summed E-state index contributed by atoms with van der Waals surface area (Å²) in [7, 11) is 0. The first-order valence-corrected chi connectivity index (χ1v) is 10.4. The molecule has 1 amide bonds. The van der Waals surface area contributed by atoms with Crippen LogP contribution in [0.1, 0.15) is 50.8 Å². The summed E-state index contributed by atoms with van der Waals surface area (Å²) in [6, 6.07) is 4.93. The number of para-hydroxylation sites is 2. The number of likely N-dealkylation sites (tertiary alicyclic amines) is 1. The highest BCUT2D eigenvalue weighted by molar-refractivity contribution is 5.83. The second-order valence-corrected chi connectivity index (χ2v) is 7.70. The fourth-order valence-electron chi connectivity index (χ4n) is 3.86. The van der Waals surface area contributed by atoms with Crippen LogP contribution in [0.5, 0.6) is 0 Å². The second kappa shape index (κ2) is 9.59. The molecule has 9 heteroatoms. The summed E-state index contributed by atoms with van der Waals surface area (Å²) in [4.78, 5) is 31.0. The first-order valence-electron chi connectivity index (χ1n) is 10.4. The molecule has 1 saturated heterocycles. The van der Waals surface area contributed by atoms with Crippen molar-refractivity contribution in [2.24, 2.45) is 0 Å². The predicted octanol–water partition coefficient (Wildman–Crippen LogP) is 3.36. The quantitative estimate of drug-likeness (QED) is 0.723. The molecular formula is C21H27F3N4O2. The van der Waals surface area contributed by atoms with Gasteiger partial charge in [0.2, 0.25) is 11.6 Å². The van der Waals surface area contributed by atoms with Crippen molar-refractivity contribution in [2.45, 2.75) is 51.2 Å². The van der Waals surface area contributed by atoms with E-state index in [1.165, 1.54) is 50.8 Å². The van der Waals surface area contributed by atoms with Crippen molar-refractivity contribution in [1.82, 2.24) is 19.8 Å². The fraction of sp³-hybridized carbons (Fsp3) is 0.571. The lowest BCUT2D eigenvalue weighted by Gasteiger charge is -2.21. The van der Waals surface area contributed by atoms with E-state index in [-0.39, 0.29) is 11.0 Å². The van der Waals surface area contributed by atoms with Crippen LogP contribution >= 0.6 is 0 Å². The van der Waals surface area contributed by atoms with Gasteiger partial charge in [-0.15, -0.1) is 0 Å². The van der Waals surface area contributed by atoms with Gasteiger partial charge in [-0.3, -0.25) is 14.2 Å². The van der Waals surface area contributed by atoms with E-state index >= 15 is 0 Å². The number of alkyl halides is 3. The zero-order valence-corrected chi connectivity index (χ0v) is 17.0. The van der Waals surface area contributed by atoms with Gasteiger partial charge in [0.05, 0.1) is 11.0 Å². The smallest absolute Gasteiger partial charge is 0.354 e. The van der Waals surface area contributed by atoms with Crippen LogP contribution in [0.4, 0.5) is 13.2 Å². The van der Waals surface area contributed by atoms with Crippen LogP contribution in [0.2, 0.25) is 0 Å². The summed E-state index contributed by atoms with van der Waals surface area (Å²) in [5.74, 6) is -0.488. The lowest BCUT2D eigenvalue weighted by Crippen LogP contribution is -2.39. The van der Waals surface area contributed by atoms with Gasteiger partial charge in [0.1, 0.15) is 6.04 Å². The Hall–Kier alpha value is -2.42. The zero-order chi connectivity index (χ0) is 21.7. The number of carbonyl (C=O) groups excluding carboxylic acids is 1. The maximum absolute atomic E-state index is 13.3. The number of rotatable bonds is 6. The van der Waals surface area contributed by atoms with E-state index in [9.17, 15) is 22.8 Å². The summed E-state index contributed by atoms with van der Waals surface area (Å²) in [5, 5.41) is 2.76. The van der Waals surface area contributed by atoms with Crippen molar-refractivity contribution in [3.8, 4) is 0 Å². The molecule has 1 fully saturated rings. The van der Waals surface area contributed by atoms with Crippen LogP contribution in [0.25, 0.3) is 11.0 Å². The highest BCUT2D eigenvalue weighted by Gasteiger charge is 2.38. The molecule has 1 N–H and O–H groups in total. The zero-order valence-electron chi connectivity index (χ0n) is 17.0. The van der Waals surface area contributed by atoms with E-state index in [0.717, 1.165) is 30.6 Å². The molecule has 0 spiro atoms. The van der Waals surface area contributed by atoms with Gasteiger partial charge in [0.15, 0.2) is 0 Å². The van der Waals surface area contributed by atoms with Crippen LogP contribution in [0, 0.1) is 0 Å². The Morgan fingerprint density at radius 3 is 2.50 bits per heavy atom. The largest absolute Gasteiger partial charge is 0.438 e. The SMILES string of the molecule is C[C@@H](C(=O)NCCCN1CCCCCC1)n1c(=O)c(C(F)(F)F)nc2ccccc21. The Balaban J connectivity index is 1.72. The van der Waals surface area contributed by atoms with Gasteiger partial charge >= 0.3 is 6.18 Å². The third kappa shape index (κ3) is 5.19. The number of fused-ring (bicyclic) bond motifs is 1. The molecule has 0 radical (unpaired) electrons. The topological polar surface area (TPSA) is 67.2 Å². The van der Waals surface area contributed by atoms with Crippen molar-refractivity contribution in [3.63, 3.8) is 0 Å². The fourth-order valence-corrected chi connectivity index (χ4v) is 3.86. The number of aromatic nitrogens is 2. The van der Waals surface area contributed by atoms with Gasteiger partial charge < -0.3 is 10.2 Å². The predicted molar refractivity (Wildman–Crippen MR) is 108 cm³/mol. The van der Waals surface area contributed by atoms with Crippen molar-refractivity contribution in [3.05, 3.63) is 40.3 Å². The second-order valence-electron chi connectivity index (χ2n) is 7.70. The van der Waals surface area contributed by atoms with Gasteiger partial charge in [-0.1, -0.05) is 25.0 Å². The normalized spacial score (nSPS) is 16.9. The van der Waals surface area contributed by atoms with E-state index in [2.05, 4.69) is 15.2 Å². The number of hydrogen-bond acceptors (Lipinski definition) is 4. The van der Waals surface area contributed by atoms with E-state index in [1.54, 1.807) is 6.07 Å². The van der Waals surface area contributed by atoms with Crippen LogP contribution in [-0.4, -0.2) is 46.5 Å². The highest BCUT2D eigenvalue weighted by Crippen LogP contribution is 2.27. The lowest BCUT2D eigenvalue weighted by atomic mass is 10.2. The van der Waals surface area contributed by atoms with Gasteiger partial charge in [-0.2, -0.15) is 13.2 Å². The summed E-state index contributed by atoms with van der Waals surface area (Å²) in [6.07, 6.45) is 0.717. The Morgan fingerprint density at radius 2 is 1.83 bits per heavy atom. The van der Waals surface area contributed by atoms with Gasteiger partial charge in [-0.25, -0.2) is 4.98 Å². The molecule has 3 rings (SSSR count). The van der Waals surface area contributed by atoms with Crippen molar-refractivity contribution < 1.29 is 18.0 Å². The Morgan fingerprint density at radius 1 is 1.17 bits per heavy atom. The van der Waals surface area contributed by atoms with Crippen molar-refractivity contribution in [2.75, 3.05) is 26.2 Å². The van der Waals surface area contributed by atoms with Crippen molar-refractivity contribution >= 4 is 16.9 Å². The molecule has 1 aromatic heterocycles. The van der Waals surface area contributed by atoms with E-state index < -0.39 is 29.4 Å². The molecule has 1 atom stereocenters. The molecule has 164 valence electrons. The van der Waals surface area contributed by atoms with Crippen LogP contribution < -0.4 is 10.9 Å². The highest BCUT2D eigenvalue weighted by atomic mass is 19.4. The Bertz CT molecular complexity index is 934. The molecule has 1 aromatic carbocycles. The molecule has 0 aliphatic carbocycles. The number of halogens is 3. The van der Waals surface area contributed by atoms with Gasteiger partial charge in [0, 0.05) is 6.54 Å². The number of carbonyl (C=O) groups is 1. The molecule has 0 bridgehead atoms. The summed E-state index contributed by atoms with van der Waals surface area (Å²) < 4.78 is 40.8. The number of hydrogen-bond donors (Lipinski definition) is 1. The molecule has 0 unspecified atom stereocenters. The molecule has 2 heterocycles. The first-order chi connectivity index (χ1) is 14.3. The third-order valence-corrected chi connectivity index (χ3v) is 5.48. The summed E-state index contributed by atoms with van der Waals surface area (Å²) in [6.45, 7) is 4.82. The summed E-state index contributed by atoms with van der Waals surface area (Å²) in [5.41, 5.74) is -2.61. The molecule has 1 aliphatic rings. The first kappa shape index (κ1) is 22.3. The lowest BCUT2D eigenvalue weighted by molar-refractivity contribution is -0.142. The van der Waals surface area contributed by atoms with Crippen molar-refractivity contribution in [1.29, 1.82) is 0 Å². The summed E-state index contributed by atoms with van der Waals surface area (Å²) >= 11 is 0. The minimum atomic E-state index is -4.90. The molecule has 6 nitrogen and oxygen atoms in total. The monoisotopic (exact) mass is 424 g/mol. The molecule has 0 saturated carbocycles. The maximum atomic E-state index is 13.3. The standard InChI is InChI=1S/C21H27F3N4O2/c1-15(19(29)25-11-8-14-27-12-6-2-3-7-13-27)28-17-10-5-4-9-16(17)26-18(20(28)30)21(22,23)24/h4-5,9-10,15H,2-3,6-8,11-14H2,1H3,(H,25,29)/t15-/m0/s1.